The molecule has 0 saturated carbocycles. The van der Waals surface area contributed by atoms with Gasteiger partial charge in [-0.2, -0.15) is 0 Å². The van der Waals surface area contributed by atoms with Crippen LogP contribution in [0.4, 0.5) is 0 Å². The summed E-state index contributed by atoms with van der Waals surface area (Å²) in [7, 11) is -1.57. The molecule has 1 fully saturated rings. The average Bonchev–Trinajstić information content (AvgIpc) is 3.28. The molecule has 7 heteroatoms. The summed E-state index contributed by atoms with van der Waals surface area (Å²) in [6.07, 6.45) is 0.426. The molecule has 1 aliphatic heterocycles. The number of carbonyl (C=O) groups is 1. The maximum Gasteiger partial charge on any atom is 0.290 e. The van der Waals surface area contributed by atoms with Crippen LogP contribution in [0.25, 0.3) is 11.0 Å². The van der Waals surface area contributed by atoms with Crippen LogP contribution in [0.5, 0.6) is 5.75 Å². The van der Waals surface area contributed by atoms with Crippen molar-refractivity contribution in [2.45, 2.75) is 39.8 Å². The molecule has 1 aromatic heterocycles. The Morgan fingerprint density at radius 1 is 1.16 bits per heavy atom. The van der Waals surface area contributed by atoms with Crippen LogP contribution >= 0.6 is 0 Å². The van der Waals surface area contributed by atoms with Gasteiger partial charge in [0.15, 0.2) is 15.6 Å². The summed E-state index contributed by atoms with van der Waals surface area (Å²) >= 11 is 0. The number of hydrogen-bond acceptors (Lipinski definition) is 5. The van der Waals surface area contributed by atoms with Crippen LogP contribution in [0, 0.1) is 20.8 Å². The topological polar surface area (TPSA) is 76.8 Å². The van der Waals surface area contributed by atoms with E-state index in [0.29, 0.717) is 17.8 Å². The molecule has 0 aliphatic carbocycles. The van der Waals surface area contributed by atoms with Gasteiger partial charge in [-0.05, 0) is 56.0 Å². The number of fused-ring (bicyclic) bond motifs is 1. The van der Waals surface area contributed by atoms with E-state index in [0.717, 1.165) is 27.6 Å². The first kappa shape index (κ1) is 21.4. The summed E-state index contributed by atoms with van der Waals surface area (Å²) < 4.78 is 35.7. The SMILES string of the molecule is COc1cccc(CN(C(=O)c2oc3c(C)c(C)ccc3c2C)C2CCS(=O)(=O)C2)c1. The van der Waals surface area contributed by atoms with Crippen molar-refractivity contribution in [1.29, 1.82) is 0 Å². The van der Waals surface area contributed by atoms with Crippen LogP contribution in [0.2, 0.25) is 0 Å². The number of benzene rings is 2. The summed E-state index contributed by atoms with van der Waals surface area (Å²) in [4.78, 5) is 15.3. The van der Waals surface area contributed by atoms with Gasteiger partial charge in [0.05, 0.1) is 18.6 Å². The molecule has 0 N–H and O–H groups in total. The molecule has 1 aliphatic rings. The van der Waals surface area contributed by atoms with E-state index in [9.17, 15) is 13.2 Å². The number of aryl methyl sites for hydroxylation is 3. The quantitative estimate of drug-likeness (QED) is 0.593. The van der Waals surface area contributed by atoms with Crippen LogP contribution in [0.15, 0.2) is 40.8 Å². The Hall–Kier alpha value is -2.80. The summed E-state index contributed by atoms with van der Waals surface area (Å²) in [5, 5.41) is 0.909. The van der Waals surface area contributed by atoms with Crippen molar-refractivity contribution in [3.05, 3.63) is 64.4 Å². The molecule has 164 valence electrons. The second-order valence-corrected chi connectivity index (χ2v) is 10.5. The third-order valence-corrected chi connectivity index (χ3v) is 7.97. The Balaban J connectivity index is 1.76. The van der Waals surface area contributed by atoms with Gasteiger partial charge in [-0.3, -0.25) is 4.79 Å². The largest absolute Gasteiger partial charge is 0.497 e. The van der Waals surface area contributed by atoms with Gasteiger partial charge in [-0.25, -0.2) is 8.42 Å². The first-order chi connectivity index (χ1) is 14.7. The van der Waals surface area contributed by atoms with E-state index in [4.69, 9.17) is 9.15 Å². The minimum absolute atomic E-state index is 0.0277. The lowest BCUT2D eigenvalue weighted by Gasteiger charge is -2.28. The lowest BCUT2D eigenvalue weighted by molar-refractivity contribution is 0.0649. The third kappa shape index (κ3) is 4.06. The maximum absolute atomic E-state index is 13.7. The van der Waals surface area contributed by atoms with Gasteiger partial charge in [0.1, 0.15) is 11.3 Å². The van der Waals surface area contributed by atoms with Crippen molar-refractivity contribution >= 4 is 26.7 Å². The summed E-state index contributed by atoms with van der Waals surface area (Å²) in [5.74, 6) is 0.749. The minimum atomic E-state index is -3.16. The zero-order valence-electron chi connectivity index (χ0n) is 18.3. The molecular formula is C24H27NO5S. The number of amides is 1. The molecule has 6 nitrogen and oxygen atoms in total. The Morgan fingerprint density at radius 3 is 2.61 bits per heavy atom. The van der Waals surface area contributed by atoms with Gasteiger partial charge in [-0.1, -0.05) is 24.3 Å². The highest BCUT2D eigenvalue weighted by molar-refractivity contribution is 7.91. The van der Waals surface area contributed by atoms with Crippen molar-refractivity contribution in [2.24, 2.45) is 0 Å². The second kappa shape index (κ2) is 8.04. The summed E-state index contributed by atoms with van der Waals surface area (Å²) in [6, 6.07) is 11.1. The van der Waals surface area contributed by atoms with Crippen LogP contribution in [-0.4, -0.2) is 43.9 Å². The van der Waals surface area contributed by atoms with Crippen molar-refractivity contribution in [2.75, 3.05) is 18.6 Å². The second-order valence-electron chi connectivity index (χ2n) is 8.28. The molecule has 31 heavy (non-hydrogen) atoms. The van der Waals surface area contributed by atoms with Gasteiger partial charge >= 0.3 is 0 Å². The number of carbonyl (C=O) groups excluding carboxylic acids is 1. The zero-order valence-corrected chi connectivity index (χ0v) is 19.1. The zero-order chi connectivity index (χ0) is 22.3. The highest BCUT2D eigenvalue weighted by Gasteiger charge is 2.37. The van der Waals surface area contributed by atoms with Gasteiger partial charge in [0, 0.05) is 23.5 Å². The smallest absolute Gasteiger partial charge is 0.290 e. The fourth-order valence-electron chi connectivity index (χ4n) is 4.21. The summed E-state index contributed by atoms with van der Waals surface area (Å²) in [5.41, 5.74) is 4.46. The number of methoxy groups -OCH3 is 1. The molecule has 3 aromatic rings. The van der Waals surface area contributed by atoms with Crippen molar-refractivity contribution in [1.82, 2.24) is 4.90 Å². The van der Waals surface area contributed by atoms with Crippen molar-refractivity contribution in [3.8, 4) is 5.75 Å². The average molecular weight is 442 g/mol. The van der Waals surface area contributed by atoms with Gasteiger partial charge in [0.2, 0.25) is 0 Å². The van der Waals surface area contributed by atoms with Crippen LogP contribution in [0.1, 0.15) is 39.2 Å². The molecule has 1 unspecified atom stereocenters. The van der Waals surface area contributed by atoms with Crippen LogP contribution in [0.3, 0.4) is 0 Å². The maximum atomic E-state index is 13.7. The fraction of sp³-hybridized carbons (Fsp3) is 0.375. The van der Waals surface area contributed by atoms with Gasteiger partial charge in [0.25, 0.3) is 5.91 Å². The van der Waals surface area contributed by atoms with Gasteiger partial charge in [-0.15, -0.1) is 0 Å². The summed E-state index contributed by atoms with van der Waals surface area (Å²) in [6.45, 7) is 6.15. The fourth-order valence-corrected chi connectivity index (χ4v) is 5.94. The van der Waals surface area contributed by atoms with E-state index >= 15 is 0 Å². The number of ether oxygens (including phenoxy) is 1. The predicted molar refractivity (Wildman–Crippen MR) is 120 cm³/mol. The molecule has 2 heterocycles. The Kier molecular flexibility index (Phi) is 5.56. The van der Waals surface area contributed by atoms with Crippen LogP contribution in [-0.2, 0) is 16.4 Å². The molecule has 4 rings (SSSR count). The van der Waals surface area contributed by atoms with Gasteiger partial charge < -0.3 is 14.1 Å². The number of rotatable bonds is 5. The predicted octanol–water partition coefficient (Wildman–Crippen LogP) is 4.20. The molecule has 2 aromatic carbocycles. The highest BCUT2D eigenvalue weighted by Crippen LogP contribution is 2.32. The first-order valence-corrected chi connectivity index (χ1v) is 12.2. The van der Waals surface area contributed by atoms with E-state index in [1.165, 1.54) is 0 Å². The van der Waals surface area contributed by atoms with Crippen molar-refractivity contribution in [3.63, 3.8) is 0 Å². The molecule has 1 amide bonds. The van der Waals surface area contributed by atoms with E-state index < -0.39 is 9.84 Å². The molecule has 1 atom stereocenters. The Labute approximate surface area is 182 Å². The third-order valence-electron chi connectivity index (χ3n) is 6.22. The number of furan rings is 1. The Morgan fingerprint density at radius 2 is 1.94 bits per heavy atom. The van der Waals surface area contributed by atoms with E-state index in [1.54, 1.807) is 12.0 Å². The highest BCUT2D eigenvalue weighted by atomic mass is 32.2. The molecular weight excluding hydrogens is 414 g/mol. The number of nitrogens with zero attached hydrogens (tertiary/aromatic N) is 1. The van der Waals surface area contributed by atoms with E-state index in [1.807, 2.05) is 57.2 Å². The number of sulfone groups is 1. The first-order valence-electron chi connectivity index (χ1n) is 10.3. The van der Waals surface area contributed by atoms with E-state index in [2.05, 4.69) is 0 Å². The lowest BCUT2D eigenvalue weighted by Crippen LogP contribution is -2.40. The van der Waals surface area contributed by atoms with Crippen LogP contribution < -0.4 is 4.74 Å². The standard InChI is InChI=1S/C24H27NO5S/c1-15-8-9-21-17(3)23(30-22(21)16(15)2)24(26)25(19-10-11-31(27,28)14-19)13-18-6-5-7-20(12-18)29-4/h5-9,12,19H,10-11,13-14H2,1-4H3. The van der Waals surface area contributed by atoms with Crippen molar-refractivity contribution < 1.29 is 22.4 Å². The monoisotopic (exact) mass is 441 g/mol. The molecule has 0 bridgehead atoms. The minimum Gasteiger partial charge on any atom is -0.497 e. The molecule has 1 saturated heterocycles. The Bertz CT molecular complexity index is 1260. The lowest BCUT2D eigenvalue weighted by atomic mass is 10.0. The molecule has 0 radical (unpaired) electrons. The number of hydrogen-bond donors (Lipinski definition) is 0. The molecule has 0 spiro atoms. The normalized spacial score (nSPS) is 17.7. The van der Waals surface area contributed by atoms with E-state index in [-0.39, 0.29) is 35.8 Å².